The number of carbonyl (C=O) groups excluding carboxylic acids is 1. The molecule has 1 fully saturated rings. The van der Waals surface area contributed by atoms with E-state index in [2.05, 4.69) is 13.8 Å². The average molecular weight is 222 g/mol. The number of allylic oxidation sites excluding steroid dienone is 2. The number of ether oxygens (including phenoxy) is 2. The number of rotatable bonds is 2. The predicted molar refractivity (Wildman–Crippen MR) is 60.7 cm³/mol. The highest BCUT2D eigenvalue weighted by molar-refractivity contribution is 5.87. The first kappa shape index (κ1) is 11.4. The summed E-state index contributed by atoms with van der Waals surface area (Å²) >= 11 is 0. The van der Waals surface area contributed by atoms with Crippen molar-refractivity contribution in [2.75, 3.05) is 0 Å². The monoisotopic (exact) mass is 222 g/mol. The molecule has 2 aliphatic heterocycles. The van der Waals surface area contributed by atoms with Crippen molar-refractivity contribution in [2.24, 2.45) is 5.41 Å². The van der Waals surface area contributed by atoms with Crippen molar-refractivity contribution in [3.63, 3.8) is 0 Å². The van der Waals surface area contributed by atoms with Gasteiger partial charge >= 0.3 is 0 Å². The molecule has 0 aromatic heterocycles. The summed E-state index contributed by atoms with van der Waals surface area (Å²) in [6, 6.07) is 0. The van der Waals surface area contributed by atoms with Crippen LogP contribution in [0.15, 0.2) is 24.0 Å². The standard InChI is InChI=1S/C13H18O3/c1-9(14)5-6-13-12(3,4)8-11(16-13)7-10(2)15-13/h5-7,11H,8H2,1-4H3/b6-5+. The molecule has 3 nitrogen and oxygen atoms in total. The number of ketones is 1. The highest BCUT2D eigenvalue weighted by atomic mass is 16.7. The van der Waals surface area contributed by atoms with E-state index in [1.54, 1.807) is 6.08 Å². The zero-order valence-electron chi connectivity index (χ0n) is 10.2. The molecule has 0 amide bonds. The van der Waals surface area contributed by atoms with Crippen LogP contribution in [0.25, 0.3) is 0 Å². The van der Waals surface area contributed by atoms with Gasteiger partial charge in [0.15, 0.2) is 5.78 Å². The van der Waals surface area contributed by atoms with Gasteiger partial charge in [-0.3, -0.25) is 4.79 Å². The Morgan fingerprint density at radius 1 is 1.56 bits per heavy atom. The van der Waals surface area contributed by atoms with Crippen LogP contribution in [-0.4, -0.2) is 17.7 Å². The summed E-state index contributed by atoms with van der Waals surface area (Å²) in [4.78, 5) is 11.0. The quantitative estimate of drug-likeness (QED) is 0.674. The Labute approximate surface area is 96.1 Å². The van der Waals surface area contributed by atoms with Crippen molar-refractivity contribution in [1.82, 2.24) is 0 Å². The highest BCUT2D eigenvalue weighted by Crippen LogP contribution is 2.51. The first-order valence-electron chi connectivity index (χ1n) is 5.60. The lowest BCUT2D eigenvalue weighted by molar-refractivity contribution is -0.214. The van der Waals surface area contributed by atoms with Crippen LogP contribution in [0.2, 0.25) is 0 Å². The van der Waals surface area contributed by atoms with Crippen LogP contribution in [0.1, 0.15) is 34.1 Å². The zero-order valence-corrected chi connectivity index (χ0v) is 10.2. The molecule has 0 aromatic carbocycles. The van der Waals surface area contributed by atoms with Gasteiger partial charge < -0.3 is 9.47 Å². The van der Waals surface area contributed by atoms with Crippen molar-refractivity contribution in [3.8, 4) is 0 Å². The van der Waals surface area contributed by atoms with Crippen molar-refractivity contribution in [1.29, 1.82) is 0 Å². The molecule has 88 valence electrons. The lowest BCUT2D eigenvalue weighted by atomic mass is 9.81. The Balaban J connectivity index is 2.36. The molecule has 2 unspecified atom stereocenters. The van der Waals surface area contributed by atoms with Crippen LogP contribution in [0.5, 0.6) is 0 Å². The Bertz CT molecular complexity index is 379. The lowest BCUT2D eigenvalue weighted by Crippen LogP contribution is -2.43. The van der Waals surface area contributed by atoms with Gasteiger partial charge in [-0.1, -0.05) is 13.8 Å². The van der Waals surface area contributed by atoms with Crippen LogP contribution in [0, 0.1) is 5.41 Å². The number of hydrogen-bond acceptors (Lipinski definition) is 3. The lowest BCUT2D eigenvalue weighted by Gasteiger charge is -2.38. The molecule has 0 radical (unpaired) electrons. The van der Waals surface area contributed by atoms with Gasteiger partial charge in [0, 0.05) is 5.41 Å². The summed E-state index contributed by atoms with van der Waals surface area (Å²) in [6.45, 7) is 7.65. The van der Waals surface area contributed by atoms with Crippen LogP contribution < -0.4 is 0 Å². The van der Waals surface area contributed by atoms with Gasteiger partial charge in [0.05, 0.1) is 11.9 Å². The Morgan fingerprint density at radius 2 is 2.25 bits per heavy atom. The molecule has 3 heteroatoms. The first-order chi connectivity index (χ1) is 7.35. The summed E-state index contributed by atoms with van der Waals surface area (Å²) in [5.41, 5.74) is -0.127. The second-order valence-corrected chi connectivity index (χ2v) is 5.24. The summed E-state index contributed by atoms with van der Waals surface area (Å²) < 4.78 is 11.7. The maximum Gasteiger partial charge on any atom is 0.236 e. The van der Waals surface area contributed by atoms with E-state index in [0.29, 0.717) is 0 Å². The minimum atomic E-state index is -0.776. The second kappa shape index (κ2) is 3.45. The van der Waals surface area contributed by atoms with Gasteiger partial charge in [0.2, 0.25) is 5.79 Å². The highest BCUT2D eigenvalue weighted by Gasteiger charge is 2.56. The molecule has 2 rings (SSSR count). The minimum absolute atomic E-state index is 0.00744. The fourth-order valence-electron chi connectivity index (χ4n) is 2.39. The third-order valence-electron chi connectivity index (χ3n) is 3.25. The topological polar surface area (TPSA) is 35.5 Å². The van der Waals surface area contributed by atoms with E-state index in [0.717, 1.165) is 12.2 Å². The summed E-state index contributed by atoms with van der Waals surface area (Å²) in [5.74, 6) is 0.102. The van der Waals surface area contributed by atoms with E-state index in [9.17, 15) is 4.79 Å². The van der Waals surface area contributed by atoms with Crippen molar-refractivity contribution < 1.29 is 14.3 Å². The summed E-state index contributed by atoms with van der Waals surface area (Å²) in [7, 11) is 0. The normalized spacial score (nSPS) is 36.0. The Kier molecular flexibility index (Phi) is 2.46. The van der Waals surface area contributed by atoms with E-state index in [1.807, 2.05) is 13.0 Å². The first-order valence-corrected chi connectivity index (χ1v) is 5.60. The van der Waals surface area contributed by atoms with Crippen LogP contribution >= 0.6 is 0 Å². The van der Waals surface area contributed by atoms with E-state index in [1.165, 1.54) is 13.0 Å². The third-order valence-corrected chi connectivity index (χ3v) is 3.25. The van der Waals surface area contributed by atoms with Crippen LogP contribution in [0.3, 0.4) is 0 Å². The Morgan fingerprint density at radius 3 is 2.88 bits per heavy atom. The maximum atomic E-state index is 11.0. The zero-order chi connectivity index (χ0) is 12.0. The molecule has 16 heavy (non-hydrogen) atoms. The molecule has 2 bridgehead atoms. The van der Waals surface area contributed by atoms with Crippen molar-refractivity contribution in [2.45, 2.75) is 46.0 Å². The third kappa shape index (κ3) is 1.69. The molecule has 0 saturated carbocycles. The van der Waals surface area contributed by atoms with E-state index >= 15 is 0 Å². The largest absolute Gasteiger partial charge is 0.463 e. The fourth-order valence-corrected chi connectivity index (χ4v) is 2.39. The SMILES string of the molecule is CC(=O)/C=C/C12OC(C)=CC(CC1(C)C)O2. The van der Waals surface area contributed by atoms with Gasteiger partial charge in [-0.2, -0.15) is 0 Å². The molecule has 1 saturated heterocycles. The minimum Gasteiger partial charge on any atom is -0.463 e. The molecule has 2 aliphatic rings. The van der Waals surface area contributed by atoms with Crippen molar-refractivity contribution >= 4 is 5.78 Å². The number of hydrogen-bond donors (Lipinski definition) is 0. The number of carbonyl (C=O) groups is 1. The summed E-state index contributed by atoms with van der Waals surface area (Å²) in [5, 5.41) is 0. The molecule has 0 aliphatic carbocycles. The molecule has 2 heterocycles. The van der Waals surface area contributed by atoms with E-state index in [-0.39, 0.29) is 17.3 Å². The maximum absolute atomic E-state index is 11.0. The van der Waals surface area contributed by atoms with Crippen molar-refractivity contribution in [3.05, 3.63) is 24.0 Å². The molecular weight excluding hydrogens is 204 g/mol. The fraction of sp³-hybridized carbons (Fsp3) is 0.615. The van der Waals surface area contributed by atoms with E-state index < -0.39 is 5.79 Å². The Hall–Kier alpha value is -1.09. The molecule has 0 aromatic rings. The van der Waals surface area contributed by atoms with Gasteiger partial charge in [-0.25, -0.2) is 0 Å². The number of fused-ring (bicyclic) bond motifs is 2. The van der Waals surface area contributed by atoms with E-state index in [4.69, 9.17) is 9.47 Å². The van der Waals surface area contributed by atoms with Gasteiger partial charge in [-0.05, 0) is 38.5 Å². The van der Waals surface area contributed by atoms with Gasteiger partial charge in [-0.15, -0.1) is 0 Å². The smallest absolute Gasteiger partial charge is 0.236 e. The molecule has 2 atom stereocenters. The average Bonchev–Trinajstić information content (AvgIpc) is 2.29. The predicted octanol–water partition coefficient (Wildman–Crippen LogP) is 2.58. The van der Waals surface area contributed by atoms with Gasteiger partial charge in [0.25, 0.3) is 0 Å². The van der Waals surface area contributed by atoms with Crippen LogP contribution in [0.4, 0.5) is 0 Å². The second-order valence-electron chi connectivity index (χ2n) is 5.24. The molecular formula is C13H18O3. The summed E-state index contributed by atoms with van der Waals surface area (Å²) in [6.07, 6.45) is 6.29. The molecule has 0 spiro atoms. The van der Waals surface area contributed by atoms with Gasteiger partial charge in [0.1, 0.15) is 0 Å². The molecule has 0 N–H and O–H groups in total. The van der Waals surface area contributed by atoms with Crippen LogP contribution in [-0.2, 0) is 14.3 Å².